The van der Waals surface area contributed by atoms with Gasteiger partial charge in [0.25, 0.3) is 5.91 Å². The average molecular weight is 337 g/mol. The molecule has 0 fully saturated rings. The van der Waals surface area contributed by atoms with Gasteiger partial charge in [-0.25, -0.2) is 0 Å². The molecule has 0 unspecified atom stereocenters. The Kier molecular flexibility index (Phi) is 4.51. The maximum atomic E-state index is 12.6. The van der Waals surface area contributed by atoms with Crippen molar-refractivity contribution in [1.29, 1.82) is 0 Å². The molecule has 0 aliphatic carbocycles. The number of anilines is 1. The first kappa shape index (κ1) is 16.3. The molecule has 8 heteroatoms. The van der Waals surface area contributed by atoms with Crippen LogP contribution in [0.5, 0.6) is 5.75 Å². The second-order valence-electron chi connectivity index (χ2n) is 5.29. The molecule has 2 aromatic carbocycles. The monoisotopic (exact) mass is 337 g/mol. The Bertz CT molecular complexity index is 864. The second kappa shape index (κ2) is 6.91. The summed E-state index contributed by atoms with van der Waals surface area (Å²) in [6.07, 6.45) is 0. The number of aromatic hydroxyl groups is 1. The molecular weight excluding hydrogens is 322 g/mol. The number of hydrazone groups is 1. The van der Waals surface area contributed by atoms with Crippen molar-refractivity contribution < 1.29 is 14.7 Å². The van der Waals surface area contributed by atoms with Gasteiger partial charge in [0, 0.05) is 13.0 Å². The number of benzene rings is 2. The summed E-state index contributed by atoms with van der Waals surface area (Å²) in [6, 6.07) is 13.9. The summed E-state index contributed by atoms with van der Waals surface area (Å²) < 4.78 is 0. The first-order valence-electron chi connectivity index (χ1n) is 7.49. The highest BCUT2D eigenvalue weighted by Crippen LogP contribution is 2.23. The van der Waals surface area contributed by atoms with E-state index in [2.05, 4.69) is 20.6 Å². The van der Waals surface area contributed by atoms with E-state index in [1.165, 1.54) is 24.1 Å². The summed E-state index contributed by atoms with van der Waals surface area (Å²) in [5, 5.41) is 25.3. The van der Waals surface area contributed by atoms with Gasteiger partial charge in [-0.15, -0.1) is 5.10 Å². The van der Waals surface area contributed by atoms with Crippen molar-refractivity contribution in [1.82, 2.24) is 5.32 Å². The lowest BCUT2D eigenvalue weighted by molar-refractivity contribution is -0.117. The predicted octanol–water partition coefficient (Wildman–Crippen LogP) is 2.34. The van der Waals surface area contributed by atoms with E-state index >= 15 is 0 Å². The minimum Gasteiger partial charge on any atom is -0.508 e. The molecule has 1 aliphatic rings. The molecule has 0 aromatic heterocycles. The first-order chi connectivity index (χ1) is 12.0. The number of nitrogens with zero attached hydrogens (tertiary/aromatic N) is 4. The maximum absolute atomic E-state index is 12.6. The minimum atomic E-state index is -1.06. The molecule has 0 radical (unpaired) electrons. The normalized spacial score (nSPS) is 17.0. The summed E-state index contributed by atoms with van der Waals surface area (Å²) in [5.41, 5.74) is 0.943. The van der Waals surface area contributed by atoms with Gasteiger partial charge in [0.15, 0.2) is 5.84 Å². The Labute approximate surface area is 143 Å². The molecule has 1 heterocycles. The van der Waals surface area contributed by atoms with Crippen LogP contribution in [0.4, 0.5) is 11.4 Å². The molecule has 1 aliphatic heterocycles. The van der Waals surface area contributed by atoms with E-state index < -0.39 is 11.9 Å². The topological polar surface area (TPSA) is 107 Å². The van der Waals surface area contributed by atoms with Crippen molar-refractivity contribution in [2.75, 3.05) is 5.01 Å². The number of hydrogen-bond acceptors (Lipinski definition) is 6. The van der Waals surface area contributed by atoms with E-state index in [1.54, 1.807) is 36.4 Å². The van der Waals surface area contributed by atoms with Crippen molar-refractivity contribution in [3.05, 3.63) is 54.6 Å². The quantitative estimate of drug-likeness (QED) is 0.839. The van der Waals surface area contributed by atoms with Gasteiger partial charge in [-0.3, -0.25) is 9.59 Å². The number of amides is 2. The number of carbonyl (C=O) groups is 2. The Hall–Kier alpha value is -3.55. The molecule has 0 bridgehead atoms. The Morgan fingerprint density at radius 1 is 1.20 bits per heavy atom. The SMILES string of the molecule is CC(=O)NC1=NN(c2ccccc2)C(=O)[C@H]1N=Nc1cccc(O)c1. The molecule has 8 nitrogen and oxygen atoms in total. The van der Waals surface area contributed by atoms with Gasteiger partial charge in [-0.2, -0.15) is 15.2 Å². The van der Waals surface area contributed by atoms with Crippen LogP contribution in [0.2, 0.25) is 0 Å². The zero-order chi connectivity index (χ0) is 17.8. The highest BCUT2D eigenvalue weighted by molar-refractivity contribution is 6.21. The van der Waals surface area contributed by atoms with Crippen LogP contribution in [0.15, 0.2) is 69.9 Å². The summed E-state index contributed by atoms with van der Waals surface area (Å²) in [5.74, 6) is -0.654. The molecule has 1 atom stereocenters. The van der Waals surface area contributed by atoms with Gasteiger partial charge >= 0.3 is 0 Å². The molecule has 126 valence electrons. The highest BCUT2D eigenvalue weighted by Gasteiger charge is 2.37. The average Bonchev–Trinajstić information content (AvgIpc) is 2.89. The third kappa shape index (κ3) is 3.69. The molecule has 2 aromatic rings. The van der Waals surface area contributed by atoms with Crippen LogP contribution in [0.25, 0.3) is 0 Å². The Balaban J connectivity index is 1.90. The zero-order valence-corrected chi connectivity index (χ0v) is 13.3. The van der Waals surface area contributed by atoms with Crippen molar-refractivity contribution in [2.45, 2.75) is 13.0 Å². The summed E-state index contributed by atoms with van der Waals surface area (Å²) in [6.45, 7) is 1.32. The number of carbonyl (C=O) groups excluding carboxylic acids is 2. The summed E-state index contributed by atoms with van der Waals surface area (Å²) >= 11 is 0. The van der Waals surface area contributed by atoms with E-state index in [0.717, 1.165) is 0 Å². The molecule has 0 saturated heterocycles. The molecular formula is C17H15N5O3. The van der Waals surface area contributed by atoms with Crippen LogP contribution in [0.1, 0.15) is 6.92 Å². The van der Waals surface area contributed by atoms with Gasteiger partial charge in [0.1, 0.15) is 5.75 Å². The molecule has 2 N–H and O–H groups in total. The molecule has 0 saturated carbocycles. The van der Waals surface area contributed by atoms with Crippen LogP contribution in [-0.2, 0) is 9.59 Å². The minimum absolute atomic E-state index is 0.0378. The molecule has 2 amide bonds. The van der Waals surface area contributed by atoms with Crippen LogP contribution in [0, 0.1) is 0 Å². The number of para-hydroxylation sites is 1. The fraction of sp³-hybridized carbons (Fsp3) is 0.118. The number of phenolic OH excluding ortho intramolecular Hbond substituents is 1. The van der Waals surface area contributed by atoms with E-state index in [4.69, 9.17) is 0 Å². The number of rotatable bonds is 3. The predicted molar refractivity (Wildman–Crippen MR) is 91.6 cm³/mol. The molecule has 25 heavy (non-hydrogen) atoms. The largest absolute Gasteiger partial charge is 0.508 e. The second-order valence-corrected chi connectivity index (χ2v) is 5.29. The number of amidine groups is 1. The van der Waals surface area contributed by atoms with Gasteiger partial charge in [-0.05, 0) is 24.3 Å². The summed E-state index contributed by atoms with van der Waals surface area (Å²) in [4.78, 5) is 24.0. The smallest absolute Gasteiger partial charge is 0.282 e. The number of nitrogens with one attached hydrogen (secondary N) is 1. The van der Waals surface area contributed by atoms with Crippen LogP contribution in [0.3, 0.4) is 0 Å². The van der Waals surface area contributed by atoms with Crippen molar-refractivity contribution in [3.63, 3.8) is 0 Å². The van der Waals surface area contributed by atoms with Crippen LogP contribution in [-0.4, -0.2) is 28.8 Å². The van der Waals surface area contributed by atoms with Crippen molar-refractivity contribution in [3.8, 4) is 5.75 Å². The number of azo groups is 1. The highest BCUT2D eigenvalue weighted by atomic mass is 16.3. The van der Waals surface area contributed by atoms with Crippen molar-refractivity contribution >= 4 is 29.0 Å². The molecule has 3 rings (SSSR count). The van der Waals surface area contributed by atoms with Gasteiger partial charge < -0.3 is 10.4 Å². The van der Waals surface area contributed by atoms with E-state index in [0.29, 0.717) is 11.4 Å². The van der Waals surface area contributed by atoms with E-state index in [-0.39, 0.29) is 17.5 Å². The standard InChI is InChI=1S/C17H15N5O3/c1-11(23)18-16-15(20-19-12-6-5-9-14(24)10-12)17(25)22(21-16)13-7-3-2-4-8-13/h2-10,15,24H,1H3,(H,18,21,23)/t15-/m0/s1. The number of hydrogen-bond donors (Lipinski definition) is 2. The third-order valence-electron chi connectivity index (χ3n) is 3.33. The van der Waals surface area contributed by atoms with E-state index in [1.807, 2.05) is 6.07 Å². The lowest BCUT2D eigenvalue weighted by atomic mass is 10.2. The lowest BCUT2D eigenvalue weighted by Crippen LogP contribution is -2.38. The van der Waals surface area contributed by atoms with Crippen molar-refractivity contribution in [2.24, 2.45) is 15.3 Å². The van der Waals surface area contributed by atoms with Crippen LogP contribution < -0.4 is 10.3 Å². The maximum Gasteiger partial charge on any atom is 0.282 e. The Morgan fingerprint density at radius 2 is 1.96 bits per heavy atom. The lowest BCUT2D eigenvalue weighted by Gasteiger charge is -2.11. The molecule has 0 spiro atoms. The summed E-state index contributed by atoms with van der Waals surface area (Å²) in [7, 11) is 0. The third-order valence-corrected chi connectivity index (χ3v) is 3.33. The van der Waals surface area contributed by atoms with Crippen LogP contribution >= 0.6 is 0 Å². The van der Waals surface area contributed by atoms with Gasteiger partial charge in [0.05, 0.1) is 11.4 Å². The van der Waals surface area contributed by atoms with E-state index in [9.17, 15) is 14.7 Å². The first-order valence-corrected chi connectivity index (χ1v) is 7.49. The zero-order valence-electron chi connectivity index (χ0n) is 13.3. The fourth-order valence-electron chi connectivity index (χ4n) is 2.26. The number of phenols is 1. The van der Waals surface area contributed by atoms with Gasteiger partial charge in [-0.1, -0.05) is 24.3 Å². The fourth-order valence-corrected chi connectivity index (χ4v) is 2.26. The Morgan fingerprint density at radius 3 is 2.64 bits per heavy atom. The van der Waals surface area contributed by atoms with Gasteiger partial charge in [0.2, 0.25) is 11.9 Å².